The van der Waals surface area contributed by atoms with E-state index >= 15 is 0 Å². The van der Waals surface area contributed by atoms with Gasteiger partial charge in [-0.3, -0.25) is 4.79 Å². The molecule has 1 aromatic carbocycles. The number of nitrogens with one attached hydrogen (secondary N) is 1. The van der Waals surface area contributed by atoms with Crippen LogP contribution in [-0.2, 0) is 21.5 Å². The van der Waals surface area contributed by atoms with Crippen LogP contribution in [0.25, 0.3) is 0 Å². The number of morpholine rings is 1. The predicted octanol–water partition coefficient (Wildman–Crippen LogP) is 3.11. The molecule has 2 heterocycles. The Hall–Kier alpha value is -2.27. The largest absolute Gasteiger partial charge is 0.416 e. The zero-order valence-corrected chi connectivity index (χ0v) is 15.9. The molecule has 1 saturated heterocycles. The number of hydrogen-bond acceptors (Lipinski definition) is 7. The van der Waals surface area contributed by atoms with Gasteiger partial charge in [-0.1, -0.05) is 5.16 Å². The van der Waals surface area contributed by atoms with E-state index in [4.69, 9.17) is 9.26 Å². The van der Waals surface area contributed by atoms with Gasteiger partial charge in [0, 0.05) is 20.0 Å². The van der Waals surface area contributed by atoms with Gasteiger partial charge in [-0.15, -0.1) is 11.8 Å². The maximum absolute atomic E-state index is 13.1. The fraction of sp³-hybridized carbons (Fsp3) is 0.471. The lowest BCUT2D eigenvalue weighted by Gasteiger charge is -2.31. The summed E-state index contributed by atoms with van der Waals surface area (Å²) in [7, 11) is 0. The van der Waals surface area contributed by atoms with Gasteiger partial charge in [0.05, 0.1) is 41.7 Å². The molecule has 1 aliphatic heterocycles. The van der Waals surface area contributed by atoms with Gasteiger partial charge in [-0.2, -0.15) is 18.2 Å². The number of anilines is 2. The van der Waals surface area contributed by atoms with E-state index in [1.54, 1.807) is 6.92 Å². The number of benzene rings is 1. The highest BCUT2D eigenvalue weighted by Crippen LogP contribution is 2.35. The van der Waals surface area contributed by atoms with E-state index in [0.29, 0.717) is 49.5 Å². The van der Waals surface area contributed by atoms with Gasteiger partial charge in [0.25, 0.3) is 0 Å². The summed E-state index contributed by atoms with van der Waals surface area (Å²) in [5.74, 6) is 0.900. The summed E-state index contributed by atoms with van der Waals surface area (Å²) in [6, 6.07) is 3.38. The van der Waals surface area contributed by atoms with E-state index in [-0.39, 0.29) is 11.4 Å². The molecule has 11 heteroatoms. The normalized spacial score (nSPS) is 14.9. The Labute approximate surface area is 163 Å². The van der Waals surface area contributed by atoms with Crippen LogP contribution >= 0.6 is 11.8 Å². The van der Waals surface area contributed by atoms with Crippen LogP contribution in [0.3, 0.4) is 0 Å². The quantitative estimate of drug-likeness (QED) is 0.775. The molecule has 1 aromatic heterocycles. The van der Waals surface area contributed by atoms with Crippen molar-refractivity contribution in [1.29, 1.82) is 0 Å². The number of ether oxygens (including phenoxy) is 1. The van der Waals surface area contributed by atoms with Crippen molar-refractivity contribution in [2.45, 2.75) is 18.9 Å². The van der Waals surface area contributed by atoms with Crippen LogP contribution in [0.5, 0.6) is 0 Å². The summed E-state index contributed by atoms with van der Waals surface area (Å²) in [6.45, 7) is 3.71. The van der Waals surface area contributed by atoms with Crippen LogP contribution in [0.15, 0.2) is 22.7 Å². The lowest BCUT2D eigenvalue weighted by Crippen LogP contribution is -2.37. The summed E-state index contributed by atoms with van der Waals surface area (Å²) < 4.78 is 49.4. The van der Waals surface area contributed by atoms with Crippen LogP contribution in [0.4, 0.5) is 24.5 Å². The SMILES string of the molecule is Cc1nc(CSCC(=O)Nc2cc(C(F)(F)F)ccc2N2CCOCC2)no1. The first-order valence-corrected chi connectivity index (χ1v) is 9.69. The zero-order valence-electron chi connectivity index (χ0n) is 15.1. The summed E-state index contributed by atoms with van der Waals surface area (Å²) in [5.41, 5.74) is -0.129. The fourth-order valence-corrected chi connectivity index (χ4v) is 3.37. The van der Waals surface area contributed by atoms with E-state index in [1.165, 1.54) is 17.8 Å². The number of nitrogens with zero attached hydrogens (tertiary/aromatic N) is 3. The summed E-state index contributed by atoms with van der Waals surface area (Å²) in [6.07, 6.45) is -4.49. The maximum Gasteiger partial charge on any atom is 0.416 e. The van der Waals surface area contributed by atoms with E-state index < -0.39 is 17.6 Å². The molecule has 0 unspecified atom stereocenters. The molecule has 152 valence electrons. The number of aromatic nitrogens is 2. The third kappa shape index (κ3) is 5.38. The molecule has 7 nitrogen and oxygen atoms in total. The average Bonchev–Trinajstić information content (AvgIpc) is 3.07. The van der Waals surface area contributed by atoms with Crippen molar-refractivity contribution in [3.8, 4) is 0 Å². The van der Waals surface area contributed by atoms with E-state index in [0.717, 1.165) is 12.1 Å². The zero-order chi connectivity index (χ0) is 20.1. The van der Waals surface area contributed by atoms with Gasteiger partial charge in [0.1, 0.15) is 0 Å². The molecule has 1 aliphatic rings. The van der Waals surface area contributed by atoms with Gasteiger partial charge >= 0.3 is 6.18 Å². The second-order valence-electron chi connectivity index (χ2n) is 6.10. The van der Waals surface area contributed by atoms with Gasteiger partial charge in [-0.05, 0) is 18.2 Å². The van der Waals surface area contributed by atoms with Gasteiger partial charge in [-0.25, -0.2) is 0 Å². The van der Waals surface area contributed by atoms with Crippen molar-refractivity contribution in [1.82, 2.24) is 10.1 Å². The van der Waals surface area contributed by atoms with Crippen molar-refractivity contribution >= 4 is 29.0 Å². The molecule has 1 fully saturated rings. The minimum atomic E-state index is -4.49. The van der Waals surface area contributed by atoms with Gasteiger partial charge in [0.2, 0.25) is 11.8 Å². The minimum Gasteiger partial charge on any atom is -0.378 e. The highest BCUT2D eigenvalue weighted by Gasteiger charge is 2.32. The summed E-state index contributed by atoms with van der Waals surface area (Å²) in [5, 5.41) is 6.33. The van der Waals surface area contributed by atoms with Crippen LogP contribution in [0.1, 0.15) is 17.3 Å². The molecule has 0 bridgehead atoms. The predicted molar refractivity (Wildman–Crippen MR) is 98.3 cm³/mol. The first kappa shape index (κ1) is 20.5. The number of thioether (sulfide) groups is 1. The van der Waals surface area contributed by atoms with E-state index in [1.807, 2.05) is 4.90 Å². The van der Waals surface area contributed by atoms with Crippen LogP contribution in [-0.4, -0.2) is 48.1 Å². The Morgan fingerprint density at radius 3 is 2.71 bits per heavy atom. The van der Waals surface area contributed by atoms with Gasteiger partial charge < -0.3 is 19.5 Å². The lowest BCUT2D eigenvalue weighted by molar-refractivity contribution is -0.137. The molecule has 28 heavy (non-hydrogen) atoms. The van der Waals surface area contributed by atoms with Crippen molar-refractivity contribution in [3.05, 3.63) is 35.5 Å². The second-order valence-corrected chi connectivity index (χ2v) is 7.09. The number of rotatable bonds is 6. The first-order valence-electron chi connectivity index (χ1n) is 8.53. The van der Waals surface area contributed by atoms with Crippen molar-refractivity contribution in [2.24, 2.45) is 0 Å². The number of aryl methyl sites for hydroxylation is 1. The fourth-order valence-electron chi connectivity index (χ4n) is 2.71. The molecule has 0 atom stereocenters. The minimum absolute atomic E-state index is 0.0480. The molecular weight excluding hydrogens is 397 g/mol. The average molecular weight is 416 g/mol. The van der Waals surface area contributed by atoms with Crippen LogP contribution in [0.2, 0.25) is 0 Å². The van der Waals surface area contributed by atoms with E-state index in [2.05, 4.69) is 15.5 Å². The number of alkyl halides is 3. The number of halogens is 3. The Balaban J connectivity index is 1.69. The molecule has 1 amide bonds. The lowest BCUT2D eigenvalue weighted by atomic mass is 10.1. The molecule has 0 spiro atoms. The van der Waals surface area contributed by atoms with Gasteiger partial charge in [0.15, 0.2) is 5.82 Å². The van der Waals surface area contributed by atoms with Crippen LogP contribution < -0.4 is 10.2 Å². The number of hydrogen-bond donors (Lipinski definition) is 1. The molecular formula is C17H19F3N4O3S. The highest BCUT2D eigenvalue weighted by molar-refractivity contribution is 7.99. The first-order chi connectivity index (χ1) is 13.3. The van der Waals surface area contributed by atoms with Crippen molar-refractivity contribution in [3.63, 3.8) is 0 Å². The smallest absolute Gasteiger partial charge is 0.378 e. The highest BCUT2D eigenvalue weighted by atomic mass is 32.2. The molecule has 3 rings (SSSR count). The van der Waals surface area contributed by atoms with Crippen LogP contribution in [0, 0.1) is 6.92 Å². The molecule has 0 aliphatic carbocycles. The molecule has 1 N–H and O–H groups in total. The number of carbonyl (C=O) groups excluding carboxylic acids is 1. The van der Waals surface area contributed by atoms with Crippen molar-refractivity contribution in [2.75, 3.05) is 42.3 Å². The van der Waals surface area contributed by atoms with E-state index in [9.17, 15) is 18.0 Å². The topological polar surface area (TPSA) is 80.5 Å². The molecule has 0 saturated carbocycles. The Morgan fingerprint density at radius 1 is 1.32 bits per heavy atom. The van der Waals surface area contributed by atoms with Crippen molar-refractivity contribution < 1.29 is 27.2 Å². The summed E-state index contributed by atoms with van der Waals surface area (Å²) in [4.78, 5) is 18.2. The standard InChI is InChI=1S/C17H19F3N4O3S/c1-11-21-15(23-27-11)9-28-10-16(25)22-13-8-12(17(18,19)20)2-3-14(13)24-4-6-26-7-5-24/h2-3,8H,4-7,9-10H2,1H3,(H,22,25). The Morgan fingerprint density at radius 2 is 2.07 bits per heavy atom. The summed E-state index contributed by atoms with van der Waals surface area (Å²) >= 11 is 1.25. The second kappa shape index (κ2) is 8.82. The molecule has 0 radical (unpaired) electrons. The maximum atomic E-state index is 13.1. The third-order valence-electron chi connectivity index (χ3n) is 3.98. The number of amides is 1. The monoisotopic (exact) mass is 416 g/mol. The third-order valence-corrected chi connectivity index (χ3v) is 4.91. The number of carbonyl (C=O) groups is 1. The molecule has 2 aromatic rings. The Bertz CT molecular complexity index is 822. The Kier molecular flexibility index (Phi) is 6.45.